The second kappa shape index (κ2) is 7.55. The standard InChI is InChI=1S/C17H20N4O2S2/c1-2-10-21-16-4-3-14(25(18,22)23)12-15(16)20-17(21)24-11-7-13-5-8-19-9-6-13/h3-6,8-9,12H,2,7,10-11H2,1H3,(H2,18,22,23). The summed E-state index contributed by atoms with van der Waals surface area (Å²) in [5.41, 5.74) is 2.82. The first-order chi connectivity index (χ1) is 12.0. The maximum atomic E-state index is 11.6. The third-order valence-corrected chi connectivity index (χ3v) is 5.72. The second-order valence-corrected chi connectivity index (χ2v) is 8.32. The van der Waals surface area contributed by atoms with E-state index in [1.807, 2.05) is 12.1 Å². The van der Waals surface area contributed by atoms with E-state index in [0.29, 0.717) is 5.52 Å². The predicted octanol–water partition coefficient (Wildman–Crippen LogP) is 2.82. The summed E-state index contributed by atoms with van der Waals surface area (Å²) in [7, 11) is -3.73. The first kappa shape index (κ1) is 17.9. The molecule has 0 aliphatic rings. The Labute approximate surface area is 151 Å². The van der Waals surface area contributed by atoms with Gasteiger partial charge in [0.05, 0.1) is 15.9 Å². The Bertz CT molecular complexity index is 969. The van der Waals surface area contributed by atoms with Crippen LogP contribution < -0.4 is 5.14 Å². The molecule has 0 amide bonds. The number of sulfonamides is 1. The van der Waals surface area contributed by atoms with E-state index < -0.39 is 10.0 Å². The van der Waals surface area contributed by atoms with Crippen molar-refractivity contribution in [2.75, 3.05) is 5.75 Å². The van der Waals surface area contributed by atoms with Gasteiger partial charge in [-0.05, 0) is 48.7 Å². The van der Waals surface area contributed by atoms with Crippen LogP contribution in [0.3, 0.4) is 0 Å². The molecule has 1 aromatic carbocycles. The lowest BCUT2D eigenvalue weighted by Crippen LogP contribution is -2.11. The Hall–Kier alpha value is -1.90. The number of fused-ring (bicyclic) bond motifs is 1. The van der Waals surface area contributed by atoms with Gasteiger partial charge in [0.1, 0.15) is 0 Å². The fourth-order valence-electron chi connectivity index (χ4n) is 2.62. The molecule has 0 radical (unpaired) electrons. The summed E-state index contributed by atoms with van der Waals surface area (Å²) in [5.74, 6) is 0.888. The molecule has 0 fully saturated rings. The number of primary sulfonamides is 1. The molecular formula is C17H20N4O2S2. The van der Waals surface area contributed by atoms with Gasteiger partial charge in [-0.3, -0.25) is 4.98 Å². The summed E-state index contributed by atoms with van der Waals surface area (Å²) in [5, 5.41) is 6.12. The van der Waals surface area contributed by atoms with Crippen molar-refractivity contribution in [1.29, 1.82) is 0 Å². The van der Waals surface area contributed by atoms with Crippen LogP contribution in [0.15, 0.2) is 52.8 Å². The molecule has 2 heterocycles. The van der Waals surface area contributed by atoms with Crippen LogP contribution in [0.25, 0.3) is 11.0 Å². The van der Waals surface area contributed by atoms with Crippen molar-refractivity contribution in [1.82, 2.24) is 14.5 Å². The van der Waals surface area contributed by atoms with Crippen molar-refractivity contribution in [2.45, 2.75) is 36.4 Å². The summed E-state index contributed by atoms with van der Waals surface area (Å²) in [6, 6.07) is 8.88. The molecule has 0 aliphatic carbocycles. The molecule has 2 N–H and O–H groups in total. The zero-order valence-electron chi connectivity index (χ0n) is 13.9. The van der Waals surface area contributed by atoms with E-state index in [1.54, 1.807) is 36.3 Å². The minimum Gasteiger partial charge on any atom is -0.319 e. The predicted molar refractivity (Wildman–Crippen MR) is 100 cm³/mol. The number of rotatable bonds is 7. The van der Waals surface area contributed by atoms with Gasteiger partial charge in [-0.2, -0.15) is 0 Å². The van der Waals surface area contributed by atoms with Crippen LogP contribution >= 0.6 is 11.8 Å². The lowest BCUT2D eigenvalue weighted by molar-refractivity contribution is 0.598. The molecule has 0 spiro atoms. The number of benzene rings is 1. The number of aryl methyl sites for hydroxylation is 2. The molecule has 0 bridgehead atoms. The number of thioether (sulfide) groups is 1. The van der Waals surface area contributed by atoms with Crippen LogP contribution in [-0.2, 0) is 23.0 Å². The highest BCUT2D eigenvalue weighted by atomic mass is 32.2. The fraction of sp³-hybridized carbons (Fsp3) is 0.294. The molecule has 0 aliphatic heterocycles. The van der Waals surface area contributed by atoms with Crippen LogP contribution in [0.2, 0.25) is 0 Å². The second-order valence-electron chi connectivity index (χ2n) is 5.70. The van der Waals surface area contributed by atoms with E-state index in [0.717, 1.165) is 35.8 Å². The summed E-state index contributed by atoms with van der Waals surface area (Å²) in [6.07, 6.45) is 5.48. The Morgan fingerprint density at radius 2 is 1.96 bits per heavy atom. The highest BCUT2D eigenvalue weighted by molar-refractivity contribution is 7.99. The molecule has 0 saturated carbocycles. The number of nitrogens with two attached hydrogens (primary N) is 1. The molecule has 0 atom stereocenters. The summed E-state index contributed by atoms with van der Waals surface area (Å²) in [6.45, 7) is 2.94. The zero-order valence-corrected chi connectivity index (χ0v) is 15.6. The quantitative estimate of drug-likeness (QED) is 0.640. The average Bonchev–Trinajstić information content (AvgIpc) is 2.92. The largest absolute Gasteiger partial charge is 0.319 e. The van der Waals surface area contributed by atoms with E-state index >= 15 is 0 Å². The average molecular weight is 377 g/mol. The van der Waals surface area contributed by atoms with Gasteiger partial charge in [0.25, 0.3) is 0 Å². The van der Waals surface area contributed by atoms with Crippen LogP contribution in [0, 0.1) is 0 Å². The van der Waals surface area contributed by atoms with Crippen molar-refractivity contribution in [3.63, 3.8) is 0 Å². The number of aromatic nitrogens is 3. The molecule has 2 aromatic heterocycles. The smallest absolute Gasteiger partial charge is 0.238 e. The molecule has 132 valence electrons. The van der Waals surface area contributed by atoms with Gasteiger partial charge in [0.15, 0.2) is 5.16 Å². The molecule has 25 heavy (non-hydrogen) atoms. The van der Waals surface area contributed by atoms with Gasteiger partial charge in [-0.25, -0.2) is 18.5 Å². The van der Waals surface area contributed by atoms with Crippen LogP contribution in [0.4, 0.5) is 0 Å². The SMILES string of the molecule is CCCn1c(SCCc2ccncc2)nc2cc(S(N)(=O)=O)ccc21. The third-order valence-electron chi connectivity index (χ3n) is 3.83. The van der Waals surface area contributed by atoms with Crippen molar-refractivity contribution in [3.8, 4) is 0 Å². The minimum atomic E-state index is -3.73. The molecule has 0 unspecified atom stereocenters. The van der Waals surface area contributed by atoms with E-state index in [2.05, 4.69) is 21.5 Å². The van der Waals surface area contributed by atoms with Gasteiger partial charge in [0.2, 0.25) is 10.0 Å². The van der Waals surface area contributed by atoms with Gasteiger partial charge < -0.3 is 4.57 Å². The van der Waals surface area contributed by atoms with Gasteiger partial charge in [-0.15, -0.1) is 0 Å². The minimum absolute atomic E-state index is 0.0921. The van der Waals surface area contributed by atoms with Crippen molar-refractivity contribution >= 4 is 32.8 Å². The van der Waals surface area contributed by atoms with Crippen molar-refractivity contribution in [2.24, 2.45) is 5.14 Å². The van der Waals surface area contributed by atoms with Crippen LogP contribution in [0.1, 0.15) is 18.9 Å². The first-order valence-electron chi connectivity index (χ1n) is 8.04. The number of hydrogen-bond donors (Lipinski definition) is 1. The molecule has 3 aromatic rings. The van der Waals surface area contributed by atoms with Gasteiger partial charge in [-0.1, -0.05) is 18.7 Å². The maximum Gasteiger partial charge on any atom is 0.238 e. The van der Waals surface area contributed by atoms with Gasteiger partial charge >= 0.3 is 0 Å². The van der Waals surface area contributed by atoms with E-state index in [-0.39, 0.29) is 4.90 Å². The molecule has 8 heteroatoms. The molecule has 6 nitrogen and oxygen atoms in total. The topological polar surface area (TPSA) is 90.9 Å². The summed E-state index contributed by atoms with van der Waals surface area (Å²) < 4.78 is 25.2. The van der Waals surface area contributed by atoms with Gasteiger partial charge in [0, 0.05) is 24.7 Å². The monoisotopic (exact) mass is 376 g/mol. The Kier molecular flexibility index (Phi) is 5.41. The van der Waals surface area contributed by atoms with E-state index in [1.165, 1.54) is 11.6 Å². The molecular weight excluding hydrogens is 356 g/mol. The first-order valence-corrected chi connectivity index (χ1v) is 10.6. The van der Waals surface area contributed by atoms with E-state index in [4.69, 9.17) is 5.14 Å². The highest BCUT2D eigenvalue weighted by Crippen LogP contribution is 2.26. The van der Waals surface area contributed by atoms with Crippen LogP contribution in [-0.4, -0.2) is 28.7 Å². The van der Waals surface area contributed by atoms with Crippen molar-refractivity contribution in [3.05, 3.63) is 48.3 Å². The summed E-state index contributed by atoms with van der Waals surface area (Å²) in [4.78, 5) is 8.75. The lowest BCUT2D eigenvalue weighted by Gasteiger charge is -2.07. The lowest BCUT2D eigenvalue weighted by atomic mass is 10.2. The molecule has 0 saturated heterocycles. The number of hydrogen-bond acceptors (Lipinski definition) is 5. The highest BCUT2D eigenvalue weighted by Gasteiger charge is 2.14. The molecule has 3 rings (SSSR count). The fourth-order valence-corrected chi connectivity index (χ4v) is 4.19. The summed E-state index contributed by atoms with van der Waals surface area (Å²) >= 11 is 1.67. The Morgan fingerprint density at radius 1 is 1.20 bits per heavy atom. The third kappa shape index (κ3) is 4.20. The van der Waals surface area contributed by atoms with Crippen LogP contribution in [0.5, 0.6) is 0 Å². The maximum absolute atomic E-state index is 11.6. The Balaban J connectivity index is 1.86. The zero-order chi connectivity index (χ0) is 17.9. The number of nitrogens with zero attached hydrogens (tertiary/aromatic N) is 3. The normalized spacial score (nSPS) is 11.9. The Morgan fingerprint density at radius 3 is 2.64 bits per heavy atom. The van der Waals surface area contributed by atoms with Crippen molar-refractivity contribution < 1.29 is 8.42 Å². The number of pyridine rings is 1. The van der Waals surface area contributed by atoms with E-state index in [9.17, 15) is 8.42 Å². The number of imidazole rings is 1.